The van der Waals surface area contributed by atoms with Crippen LogP contribution in [0.5, 0.6) is 5.75 Å². The highest BCUT2D eigenvalue weighted by molar-refractivity contribution is 5.85. The maximum atomic E-state index is 13.7. The predicted octanol–water partition coefficient (Wildman–Crippen LogP) is 1.65. The minimum atomic E-state index is -3.39. The number of ether oxygens (including phenoxy) is 1. The average Bonchev–Trinajstić information content (AvgIpc) is 2.40. The minimum Gasteiger partial charge on any atom is -0.407 e. The van der Waals surface area contributed by atoms with Crippen molar-refractivity contribution in [3.05, 3.63) is 23.5 Å². The molecule has 2 atom stereocenters. The van der Waals surface area contributed by atoms with E-state index in [0.29, 0.717) is 0 Å². The summed E-state index contributed by atoms with van der Waals surface area (Å²) in [6, 6.07) is 1.67. The van der Waals surface area contributed by atoms with Gasteiger partial charge in [0, 0.05) is 11.8 Å². The molecule has 0 spiro atoms. The van der Waals surface area contributed by atoms with Crippen molar-refractivity contribution in [2.45, 2.75) is 25.6 Å². The molecule has 0 radical (unpaired) electrons. The van der Waals surface area contributed by atoms with Crippen LogP contribution >= 0.6 is 0 Å². The van der Waals surface area contributed by atoms with E-state index in [1.165, 1.54) is 12.2 Å². The van der Waals surface area contributed by atoms with Gasteiger partial charge in [-0.3, -0.25) is 4.79 Å². The van der Waals surface area contributed by atoms with E-state index in [9.17, 15) is 27.2 Å². The average molecular weight is 323 g/mol. The predicted molar refractivity (Wildman–Crippen MR) is 68.5 cm³/mol. The van der Waals surface area contributed by atoms with Crippen molar-refractivity contribution in [3.8, 4) is 5.75 Å². The van der Waals surface area contributed by atoms with Crippen LogP contribution in [0.3, 0.4) is 0 Å². The highest BCUT2D eigenvalue weighted by Gasteiger charge is 2.26. The van der Waals surface area contributed by atoms with E-state index in [4.69, 9.17) is 11.5 Å². The lowest BCUT2D eigenvalue weighted by atomic mass is 9.98. The number of nitrogen functional groups attached to an aromatic ring is 1. The maximum absolute atomic E-state index is 13.7. The first-order chi connectivity index (χ1) is 10.1. The fourth-order valence-electron chi connectivity index (χ4n) is 1.61. The van der Waals surface area contributed by atoms with Gasteiger partial charge in [0.25, 0.3) is 6.43 Å². The van der Waals surface area contributed by atoms with Crippen molar-refractivity contribution < 1.29 is 31.9 Å². The summed E-state index contributed by atoms with van der Waals surface area (Å²) < 4.78 is 54.9. The lowest BCUT2D eigenvalue weighted by Gasteiger charge is -2.17. The van der Waals surface area contributed by atoms with Gasteiger partial charge in [-0.1, -0.05) is 0 Å². The summed E-state index contributed by atoms with van der Waals surface area (Å²) in [6.07, 6.45) is -7.51. The molecule has 0 aliphatic carbocycles. The molecule has 2 unspecified atom stereocenters. The fraction of sp³-hybridized carbons (Fsp3) is 0.333. The number of nitrogens with two attached hydrogens (primary N) is 2. The maximum Gasteiger partial charge on any atom is 0.410 e. The zero-order valence-electron chi connectivity index (χ0n) is 11.3. The van der Waals surface area contributed by atoms with Crippen LogP contribution in [0, 0.1) is 5.82 Å². The van der Waals surface area contributed by atoms with E-state index < -0.39 is 42.2 Å². The molecule has 1 rings (SSSR count). The Kier molecular flexibility index (Phi) is 5.55. The lowest BCUT2D eigenvalue weighted by Crippen LogP contribution is -2.39. The second-order valence-corrected chi connectivity index (χ2v) is 4.30. The van der Waals surface area contributed by atoms with Crippen LogP contribution in [0.4, 0.5) is 28.0 Å². The minimum absolute atomic E-state index is 0.0895. The number of primary amides is 1. The van der Waals surface area contributed by atoms with E-state index in [2.05, 4.69) is 4.74 Å². The third-order valence-electron chi connectivity index (χ3n) is 2.71. The fourth-order valence-corrected chi connectivity index (χ4v) is 1.61. The molecule has 1 aromatic rings. The van der Waals surface area contributed by atoms with Crippen molar-refractivity contribution in [2.24, 2.45) is 5.73 Å². The standard InChI is InChI=1S/C12H13F4N3O3/c1-4(11(20)19-10(16)9(14)15)5-2-6(13)8(3-7(5)17)22-12(18)21/h2-4,9-10H,17H2,1H3,(H2,18,21)(H,19,20). The van der Waals surface area contributed by atoms with E-state index in [1.807, 2.05) is 0 Å². The number of hydrogen-bond donors (Lipinski definition) is 3. The van der Waals surface area contributed by atoms with Gasteiger partial charge in [-0.15, -0.1) is 0 Å². The molecule has 0 fully saturated rings. The topological polar surface area (TPSA) is 107 Å². The summed E-state index contributed by atoms with van der Waals surface area (Å²) in [5, 5.41) is 1.43. The van der Waals surface area contributed by atoms with Gasteiger partial charge in [-0.25, -0.2) is 22.4 Å². The molecule has 0 aromatic heterocycles. The monoisotopic (exact) mass is 323 g/mol. The van der Waals surface area contributed by atoms with Crippen LogP contribution in [0.15, 0.2) is 12.1 Å². The summed E-state index contributed by atoms with van der Waals surface area (Å²) in [5.74, 6) is -3.93. The number of alkyl halides is 3. The van der Waals surface area contributed by atoms with Gasteiger partial charge >= 0.3 is 6.09 Å². The molecule has 22 heavy (non-hydrogen) atoms. The van der Waals surface area contributed by atoms with E-state index >= 15 is 0 Å². The number of amides is 2. The van der Waals surface area contributed by atoms with Gasteiger partial charge in [0.1, 0.15) is 0 Å². The quantitative estimate of drug-likeness (QED) is 0.435. The molecule has 0 saturated heterocycles. The lowest BCUT2D eigenvalue weighted by molar-refractivity contribution is -0.126. The third-order valence-corrected chi connectivity index (χ3v) is 2.71. The summed E-state index contributed by atoms with van der Waals surface area (Å²) in [5.41, 5.74) is 10.1. The summed E-state index contributed by atoms with van der Waals surface area (Å²) in [6.45, 7) is 1.22. The van der Waals surface area contributed by atoms with Crippen molar-refractivity contribution in [1.29, 1.82) is 0 Å². The van der Waals surface area contributed by atoms with Crippen molar-refractivity contribution >= 4 is 17.7 Å². The van der Waals surface area contributed by atoms with Crippen molar-refractivity contribution in [3.63, 3.8) is 0 Å². The second kappa shape index (κ2) is 6.96. The number of hydrogen-bond acceptors (Lipinski definition) is 4. The molecule has 0 heterocycles. The first-order valence-electron chi connectivity index (χ1n) is 5.92. The highest BCUT2D eigenvalue weighted by atomic mass is 19.3. The van der Waals surface area contributed by atoms with Crippen LogP contribution in [0.25, 0.3) is 0 Å². The van der Waals surface area contributed by atoms with Crippen LogP contribution in [0.1, 0.15) is 18.4 Å². The number of benzene rings is 1. The molecule has 2 amide bonds. The third kappa shape index (κ3) is 4.24. The molecule has 5 N–H and O–H groups in total. The Morgan fingerprint density at radius 3 is 2.36 bits per heavy atom. The number of halogens is 4. The first kappa shape index (κ1) is 17.5. The smallest absolute Gasteiger partial charge is 0.407 e. The Labute approximate surface area is 122 Å². The van der Waals surface area contributed by atoms with Crippen molar-refractivity contribution in [1.82, 2.24) is 5.32 Å². The number of carbonyl (C=O) groups is 2. The molecule has 0 aliphatic rings. The molecule has 0 saturated carbocycles. The molecule has 10 heteroatoms. The van der Waals surface area contributed by atoms with Crippen LogP contribution in [0.2, 0.25) is 0 Å². The number of nitrogens with one attached hydrogen (secondary N) is 1. The van der Waals surface area contributed by atoms with Gasteiger partial charge in [-0.05, 0) is 18.6 Å². The van der Waals surface area contributed by atoms with Crippen LogP contribution in [-0.2, 0) is 4.79 Å². The van der Waals surface area contributed by atoms with Crippen LogP contribution < -0.4 is 21.5 Å². The highest BCUT2D eigenvalue weighted by Crippen LogP contribution is 2.29. The second-order valence-electron chi connectivity index (χ2n) is 4.30. The van der Waals surface area contributed by atoms with E-state index in [1.54, 1.807) is 0 Å². The Morgan fingerprint density at radius 2 is 1.86 bits per heavy atom. The molecule has 0 bridgehead atoms. The Bertz CT molecular complexity index is 583. The summed E-state index contributed by atoms with van der Waals surface area (Å²) in [4.78, 5) is 22.2. The zero-order chi connectivity index (χ0) is 17.0. The molecular formula is C12H13F4N3O3. The first-order valence-corrected chi connectivity index (χ1v) is 5.92. The molecule has 0 aliphatic heterocycles. The summed E-state index contributed by atoms with van der Waals surface area (Å²) >= 11 is 0. The molecule has 1 aromatic carbocycles. The van der Waals surface area contributed by atoms with Crippen molar-refractivity contribution in [2.75, 3.05) is 5.73 Å². The largest absolute Gasteiger partial charge is 0.410 e. The number of carbonyl (C=O) groups excluding carboxylic acids is 2. The SMILES string of the molecule is CC(C(=O)NC(F)C(F)F)c1cc(F)c(OC(N)=O)cc1N. The van der Waals surface area contributed by atoms with Gasteiger partial charge in [-0.2, -0.15) is 0 Å². The number of anilines is 1. The molecule has 122 valence electrons. The summed E-state index contributed by atoms with van der Waals surface area (Å²) in [7, 11) is 0. The van der Waals surface area contributed by atoms with Crippen LogP contribution in [-0.4, -0.2) is 24.7 Å². The van der Waals surface area contributed by atoms with Gasteiger partial charge in [0.15, 0.2) is 11.6 Å². The van der Waals surface area contributed by atoms with Gasteiger partial charge in [0.2, 0.25) is 12.2 Å². The Balaban J connectivity index is 2.99. The molecular weight excluding hydrogens is 310 g/mol. The molecule has 6 nitrogen and oxygen atoms in total. The van der Waals surface area contributed by atoms with E-state index in [0.717, 1.165) is 12.1 Å². The Hall–Kier alpha value is -2.52. The normalized spacial score (nSPS) is 13.5. The number of rotatable bonds is 5. The zero-order valence-corrected chi connectivity index (χ0v) is 11.3. The Morgan fingerprint density at radius 1 is 1.27 bits per heavy atom. The van der Waals surface area contributed by atoms with Gasteiger partial charge in [0.05, 0.1) is 5.92 Å². The van der Waals surface area contributed by atoms with Gasteiger partial charge < -0.3 is 21.5 Å². The van der Waals surface area contributed by atoms with E-state index in [-0.39, 0.29) is 11.3 Å².